The Morgan fingerprint density at radius 2 is 1.71 bits per heavy atom. The lowest BCUT2D eigenvalue weighted by Crippen LogP contribution is -2.26. The first kappa shape index (κ1) is 16.3. The number of halogens is 2. The lowest BCUT2D eigenvalue weighted by molar-refractivity contribution is 0.0912. The molecule has 1 amide bonds. The molecule has 3 rings (SSSR count). The molecule has 1 unspecified atom stereocenters. The SMILES string of the molecule is CC(NC(=O)c1ccc(-c2ccc(F)cc2)o1)c1ccc(Cl)cc1. The van der Waals surface area contributed by atoms with Gasteiger partial charge in [-0.25, -0.2) is 4.39 Å². The highest BCUT2D eigenvalue weighted by atomic mass is 35.5. The summed E-state index contributed by atoms with van der Waals surface area (Å²) < 4.78 is 18.5. The van der Waals surface area contributed by atoms with Crippen LogP contribution in [-0.4, -0.2) is 5.91 Å². The van der Waals surface area contributed by atoms with Crippen LogP contribution >= 0.6 is 11.6 Å². The van der Waals surface area contributed by atoms with Crippen LogP contribution in [0, 0.1) is 5.82 Å². The first-order chi connectivity index (χ1) is 11.5. The molecule has 0 aliphatic rings. The molecule has 24 heavy (non-hydrogen) atoms. The van der Waals surface area contributed by atoms with Crippen LogP contribution in [-0.2, 0) is 0 Å². The topological polar surface area (TPSA) is 42.2 Å². The Morgan fingerprint density at radius 3 is 2.38 bits per heavy atom. The van der Waals surface area contributed by atoms with Crippen LogP contribution in [0.1, 0.15) is 29.1 Å². The molecule has 0 fully saturated rings. The zero-order valence-corrected chi connectivity index (χ0v) is 13.7. The van der Waals surface area contributed by atoms with Crippen molar-refractivity contribution >= 4 is 17.5 Å². The number of hydrogen-bond donors (Lipinski definition) is 1. The van der Waals surface area contributed by atoms with Gasteiger partial charge in [0.15, 0.2) is 5.76 Å². The molecular formula is C19H15ClFNO2. The second-order valence-corrected chi connectivity index (χ2v) is 5.85. The van der Waals surface area contributed by atoms with E-state index in [1.54, 1.807) is 36.4 Å². The molecule has 3 nitrogen and oxygen atoms in total. The van der Waals surface area contributed by atoms with Crippen LogP contribution < -0.4 is 5.32 Å². The predicted octanol–water partition coefficient (Wildman–Crippen LogP) is 5.23. The fourth-order valence-electron chi connectivity index (χ4n) is 2.33. The van der Waals surface area contributed by atoms with E-state index in [-0.39, 0.29) is 23.5 Å². The molecule has 5 heteroatoms. The molecule has 0 aliphatic carbocycles. The molecule has 0 spiro atoms. The molecule has 1 N–H and O–H groups in total. The van der Waals surface area contributed by atoms with Gasteiger partial charge in [-0.05, 0) is 61.0 Å². The summed E-state index contributed by atoms with van der Waals surface area (Å²) in [6.07, 6.45) is 0. The number of carbonyl (C=O) groups is 1. The van der Waals surface area contributed by atoms with Crippen LogP contribution in [0.4, 0.5) is 4.39 Å². The Hall–Kier alpha value is -2.59. The van der Waals surface area contributed by atoms with E-state index in [4.69, 9.17) is 16.0 Å². The molecule has 0 bridgehead atoms. The molecule has 1 heterocycles. The Bertz CT molecular complexity index is 841. The summed E-state index contributed by atoms with van der Waals surface area (Å²) in [7, 11) is 0. The number of hydrogen-bond acceptors (Lipinski definition) is 2. The van der Waals surface area contributed by atoms with Crippen molar-refractivity contribution in [3.05, 3.63) is 82.8 Å². The summed E-state index contributed by atoms with van der Waals surface area (Å²) in [4.78, 5) is 12.3. The normalized spacial score (nSPS) is 12.0. The summed E-state index contributed by atoms with van der Waals surface area (Å²) in [5.41, 5.74) is 1.65. The van der Waals surface area contributed by atoms with Crippen LogP contribution in [0.25, 0.3) is 11.3 Å². The zero-order valence-electron chi connectivity index (χ0n) is 12.9. The Morgan fingerprint density at radius 1 is 1.04 bits per heavy atom. The van der Waals surface area contributed by atoms with E-state index in [9.17, 15) is 9.18 Å². The molecule has 0 saturated heterocycles. The van der Waals surface area contributed by atoms with Gasteiger partial charge in [0, 0.05) is 10.6 Å². The molecular weight excluding hydrogens is 329 g/mol. The van der Waals surface area contributed by atoms with Gasteiger partial charge >= 0.3 is 0 Å². The molecule has 3 aromatic rings. The van der Waals surface area contributed by atoms with Crippen molar-refractivity contribution in [3.8, 4) is 11.3 Å². The van der Waals surface area contributed by atoms with Crippen molar-refractivity contribution in [2.75, 3.05) is 0 Å². The van der Waals surface area contributed by atoms with Gasteiger partial charge in [-0.15, -0.1) is 0 Å². The number of rotatable bonds is 4. The van der Waals surface area contributed by atoms with Crippen molar-refractivity contribution in [1.29, 1.82) is 0 Å². The van der Waals surface area contributed by atoms with E-state index in [2.05, 4.69) is 5.32 Å². The van der Waals surface area contributed by atoms with Crippen molar-refractivity contribution < 1.29 is 13.6 Å². The zero-order chi connectivity index (χ0) is 17.1. The number of nitrogens with one attached hydrogen (secondary N) is 1. The minimum atomic E-state index is -0.319. The Balaban J connectivity index is 1.71. The second kappa shape index (κ2) is 6.89. The molecule has 1 aromatic heterocycles. The number of amides is 1. The summed E-state index contributed by atoms with van der Waals surface area (Å²) >= 11 is 5.86. The third-order valence-electron chi connectivity index (χ3n) is 3.68. The average molecular weight is 344 g/mol. The quantitative estimate of drug-likeness (QED) is 0.704. The summed E-state index contributed by atoms with van der Waals surface area (Å²) in [6, 6.07) is 16.3. The summed E-state index contributed by atoms with van der Waals surface area (Å²) in [5, 5.41) is 3.52. The van der Waals surface area contributed by atoms with E-state index in [0.717, 1.165) is 5.56 Å². The number of carbonyl (C=O) groups excluding carboxylic acids is 1. The maximum Gasteiger partial charge on any atom is 0.287 e. The summed E-state index contributed by atoms with van der Waals surface area (Å²) in [5.74, 6) is 0.0836. The standard InChI is InChI=1S/C19H15ClFNO2/c1-12(13-2-6-15(20)7-3-13)22-19(23)18-11-10-17(24-18)14-4-8-16(21)9-5-14/h2-12H,1H3,(H,22,23). The fourth-order valence-corrected chi connectivity index (χ4v) is 2.46. The minimum Gasteiger partial charge on any atom is -0.451 e. The molecule has 122 valence electrons. The van der Waals surface area contributed by atoms with Gasteiger partial charge in [-0.1, -0.05) is 23.7 Å². The van der Waals surface area contributed by atoms with E-state index in [1.807, 2.05) is 19.1 Å². The van der Waals surface area contributed by atoms with Gasteiger partial charge in [-0.3, -0.25) is 4.79 Å². The predicted molar refractivity (Wildman–Crippen MR) is 91.4 cm³/mol. The molecule has 0 radical (unpaired) electrons. The van der Waals surface area contributed by atoms with E-state index >= 15 is 0 Å². The highest BCUT2D eigenvalue weighted by molar-refractivity contribution is 6.30. The average Bonchev–Trinajstić information content (AvgIpc) is 3.06. The molecule has 1 atom stereocenters. The van der Waals surface area contributed by atoms with Crippen LogP contribution in [0.2, 0.25) is 5.02 Å². The lowest BCUT2D eigenvalue weighted by atomic mass is 10.1. The van der Waals surface area contributed by atoms with Gasteiger partial charge in [0.2, 0.25) is 0 Å². The highest BCUT2D eigenvalue weighted by Crippen LogP contribution is 2.23. The smallest absolute Gasteiger partial charge is 0.287 e. The maximum absolute atomic E-state index is 13.0. The largest absolute Gasteiger partial charge is 0.451 e. The first-order valence-electron chi connectivity index (χ1n) is 7.45. The van der Waals surface area contributed by atoms with Gasteiger partial charge in [0.05, 0.1) is 6.04 Å². The molecule has 0 aliphatic heterocycles. The van der Waals surface area contributed by atoms with Crippen molar-refractivity contribution in [3.63, 3.8) is 0 Å². The molecule has 0 saturated carbocycles. The van der Waals surface area contributed by atoms with Crippen LogP contribution in [0.3, 0.4) is 0 Å². The fraction of sp³-hybridized carbons (Fsp3) is 0.105. The van der Waals surface area contributed by atoms with Gasteiger partial charge < -0.3 is 9.73 Å². The highest BCUT2D eigenvalue weighted by Gasteiger charge is 2.15. The van der Waals surface area contributed by atoms with Crippen LogP contribution in [0.15, 0.2) is 65.1 Å². The van der Waals surface area contributed by atoms with E-state index in [1.165, 1.54) is 12.1 Å². The first-order valence-corrected chi connectivity index (χ1v) is 7.83. The number of furan rings is 1. The van der Waals surface area contributed by atoms with E-state index in [0.29, 0.717) is 16.3 Å². The lowest BCUT2D eigenvalue weighted by Gasteiger charge is -2.13. The van der Waals surface area contributed by atoms with Gasteiger partial charge in [0.25, 0.3) is 5.91 Å². The Labute approximate surface area is 144 Å². The maximum atomic E-state index is 13.0. The summed E-state index contributed by atoms with van der Waals surface area (Å²) in [6.45, 7) is 1.88. The monoisotopic (exact) mass is 343 g/mol. The van der Waals surface area contributed by atoms with Crippen molar-refractivity contribution in [2.24, 2.45) is 0 Å². The molecule has 2 aromatic carbocycles. The minimum absolute atomic E-state index is 0.186. The van der Waals surface area contributed by atoms with E-state index < -0.39 is 0 Å². The third-order valence-corrected chi connectivity index (χ3v) is 3.93. The van der Waals surface area contributed by atoms with Gasteiger partial charge in [0.1, 0.15) is 11.6 Å². The number of benzene rings is 2. The van der Waals surface area contributed by atoms with Crippen molar-refractivity contribution in [1.82, 2.24) is 5.32 Å². The van der Waals surface area contributed by atoms with Crippen molar-refractivity contribution in [2.45, 2.75) is 13.0 Å². The van der Waals surface area contributed by atoms with Crippen LogP contribution in [0.5, 0.6) is 0 Å². The third kappa shape index (κ3) is 3.66. The second-order valence-electron chi connectivity index (χ2n) is 5.42. The van der Waals surface area contributed by atoms with Gasteiger partial charge in [-0.2, -0.15) is 0 Å². The Kier molecular flexibility index (Phi) is 4.67.